The van der Waals surface area contributed by atoms with E-state index >= 15 is 0 Å². The molecule has 0 spiro atoms. The summed E-state index contributed by atoms with van der Waals surface area (Å²) in [5.74, 6) is -1.40. The summed E-state index contributed by atoms with van der Waals surface area (Å²) >= 11 is 0. The number of nitrogens with zero attached hydrogens (tertiary/aromatic N) is 1. The van der Waals surface area contributed by atoms with Gasteiger partial charge in [0, 0.05) is 12.1 Å². The summed E-state index contributed by atoms with van der Waals surface area (Å²) in [6.45, 7) is 4.14. The first kappa shape index (κ1) is 18.3. The molecule has 0 radical (unpaired) electrons. The number of hydrogen-bond acceptors (Lipinski definition) is 4. The number of anilines is 1. The Balaban J connectivity index is 2.18. The summed E-state index contributed by atoms with van der Waals surface area (Å²) in [5.41, 5.74) is 0.667. The van der Waals surface area contributed by atoms with Crippen LogP contribution in [-0.2, 0) is 14.8 Å². The van der Waals surface area contributed by atoms with Gasteiger partial charge in [-0.1, -0.05) is 19.9 Å². The second-order valence-corrected chi connectivity index (χ2v) is 8.30. The van der Waals surface area contributed by atoms with Crippen molar-refractivity contribution in [3.63, 3.8) is 0 Å². The standard InChI is InChI=1S/C16H22N2O5S/c1-11(2)9-14(16(20)21)17-15(19)12-5-3-6-13(10-12)18-7-4-8-24(18,22)23/h3,5-6,10-11,14H,4,7-9H2,1-2H3,(H,17,19)(H,20,21)/t14-/m1/s1. The summed E-state index contributed by atoms with van der Waals surface area (Å²) in [7, 11) is -3.33. The number of carboxylic acids is 1. The van der Waals surface area contributed by atoms with Crippen LogP contribution in [0.25, 0.3) is 0 Å². The highest BCUT2D eigenvalue weighted by Crippen LogP contribution is 2.24. The fourth-order valence-electron chi connectivity index (χ4n) is 2.67. The number of aliphatic carboxylic acids is 1. The first-order valence-electron chi connectivity index (χ1n) is 7.85. The van der Waals surface area contributed by atoms with Crippen molar-refractivity contribution in [2.24, 2.45) is 5.92 Å². The molecule has 0 unspecified atom stereocenters. The number of carbonyl (C=O) groups excluding carboxylic acids is 1. The van der Waals surface area contributed by atoms with E-state index in [-0.39, 0.29) is 17.2 Å². The monoisotopic (exact) mass is 354 g/mol. The minimum Gasteiger partial charge on any atom is -0.480 e. The van der Waals surface area contributed by atoms with Gasteiger partial charge >= 0.3 is 5.97 Å². The molecule has 1 aromatic carbocycles. The Morgan fingerprint density at radius 2 is 2.04 bits per heavy atom. The van der Waals surface area contributed by atoms with Crippen LogP contribution in [0.2, 0.25) is 0 Å². The quantitative estimate of drug-likeness (QED) is 0.805. The minimum absolute atomic E-state index is 0.0961. The molecular weight excluding hydrogens is 332 g/mol. The van der Waals surface area contributed by atoms with Crippen LogP contribution in [0.1, 0.15) is 37.0 Å². The third-order valence-corrected chi connectivity index (χ3v) is 5.68. The summed E-state index contributed by atoms with van der Waals surface area (Å²) in [6, 6.07) is 5.26. The Morgan fingerprint density at radius 1 is 1.33 bits per heavy atom. The van der Waals surface area contributed by atoms with Gasteiger partial charge in [0.1, 0.15) is 6.04 Å². The van der Waals surface area contributed by atoms with Crippen molar-refractivity contribution in [3.05, 3.63) is 29.8 Å². The largest absolute Gasteiger partial charge is 0.480 e. The summed E-state index contributed by atoms with van der Waals surface area (Å²) in [5, 5.41) is 11.7. The average Bonchev–Trinajstić information content (AvgIpc) is 2.85. The Hall–Kier alpha value is -2.09. The Labute approximate surface area is 141 Å². The van der Waals surface area contributed by atoms with E-state index < -0.39 is 27.9 Å². The highest BCUT2D eigenvalue weighted by molar-refractivity contribution is 7.93. The molecule has 1 saturated heterocycles. The zero-order chi connectivity index (χ0) is 17.9. The van der Waals surface area contributed by atoms with Gasteiger partial charge in [-0.15, -0.1) is 0 Å². The average molecular weight is 354 g/mol. The number of benzene rings is 1. The van der Waals surface area contributed by atoms with Crippen LogP contribution in [0.15, 0.2) is 24.3 Å². The van der Waals surface area contributed by atoms with Crippen molar-refractivity contribution in [1.29, 1.82) is 0 Å². The SMILES string of the molecule is CC(C)C[C@@H](NC(=O)c1cccc(N2CCCS2(=O)=O)c1)C(=O)O. The topological polar surface area (TPSA) is 104 Å². The van der Waals surface area contributed by atoms with E-state index in [1.807, 2.05) is 13.8 Å². The van der Waals surface area contributed by atoms with Gasteiger partial charge in [-0.25, -0.2) is 13.2 Å². The van der Waals surface area contributed by atoms with E-state index in [4.69, 9.17) is 0 Å². The van der Waals surface area contributed by atoms with Gasteiger partial charge in [0.2, 0.25) is 10.0 Å². The molecule has 0 bridgehead atoms. The number of sulfonamides is 1. The number of amides is 1. The van der Waals surface area contributed by atoms with Gasteiger partial charge in [0.25, 0.3) is 5.91 Å². The molecular formula is C16H22N2O5S. The summed E-state index contributed by atoms with van der Waals surface area (Å²) in [4.78, 5) is 23.6. The fraction of sp³-hybridized carbons (Fsp3) is 0.500. The van der Waals surface area contributed by atoms with Crippen molar-refractivity contribution in [3.8, 4) is 0 Å². The predicted octanol–water partition coefficient (Wildman–Crippen LogP) is 1.46. The lowest BCUT2D eigenvalue weighted by molar-refractivity contribution is -0.139. The molecule has 24 heavy (non-hydrogen) atoms. The first-order valence-corrected chi connectivity index (χ1v) is 9.46. The maximum atomic E-state index is 12.3. The molecule has 8 heteroatoms. The van der Waals surface area contributed by atoms with E-state index in [0.29, 0.717) is 25.1 Å². The second-order valence-electron chi connectivity index (χ2n) is 6.29. The maximum absolute atomic E-state index is 12.3. The summed E-state index contributed by atoms with van der Waals surface area (Å²) in [6.07, 6.45) is 0.871. The summed E-state index contributed by atoms with van der Waals surface area (Å²) < 4.78 is 25.2. The van der Waals surface area contributed by atoms with Gasteiger partial charge in [-0.2, -0.15) is 0 Å². The van der Waals surface area contributed by atoms with E-state index in [2.05, 4.69) is 5.32 Å². The fourth-order valence-corrected chi connectivity index (χ4v) is 4.22. The van der Waals surface area contributed by atoms with Crippen LogP contribution < -0.4 is 9.62 Å². The lowest BCUT2D eigenvalue weighted by Crippen LogP contribution is -2.41. The molecule has 7 nitrogen and oxygen atoms in total. The van der Waals surface area contributed by atoms with Gasteiger partial charge in [0.05, 0.1) is 11.4 Å². The lowest BCUT2D eigenvalue weighted by Gasteiger charge is -2.19. The van der Waals surface area contributed by atoms with Crippen LogP contribution >= 0.6 is 0 Å². The van der Waals surface area contributed by atoms with Gasteiger partial charge in [-0.05, 0) is 37.0 Å². The molecule has 0 aromatic heterocycles. The zero-order valence-corrected chi connectivity index (χ0v) is 14.5. The molecule has 1 heterocycles. The van der Waals surface area contributed by atoms with Crippen LogP contribution in [0.5, 0.6) is 0 Å². The van der Waals surface area contributed by atoms with Gasteiger partial charge in [-0.3, -0.25) is 9.10 Å². The molecule has 1 amide bonds. The highest BCUT2D eigenvalue weighted by Gasteiger charge is 2.29. The number of carbonyl (C=O) groups is 2. The molecule has 1 aliphatic rings. The van der Waals surface area contributed by atoms with E-state index in [1.165, 1.54) is 16.4 Å². The molecule has 1 atom stereocenters. The van der Waals surface area contributed by atoms with Crippen LogP contribution in [0.4, 0.5) is 5.69 Å². The zero-order valence-electron chi connectivity index (χ0n) is 13.7. The van der Waals surface area contributed by atoms with E-state index in [0.717, 1.165) is 0 Å². The second kappa shape index (κ2) is 7.21. The highest BCUT2D eigenvalue weighted by atomic mass is 32.2. The number of rotatable bonds is 6. The molecule has 2 N–H and O–H groups in total. The molecule has 1 aromatic rings. The maximum Gasteiger partial charge on any atom is 0.326 e. The van der Waals surface area contributed by atoms with E-state index in [9.17, 15) is 23.1 Å². The van der Waals surface area contributed by atoms with Crippen molar-refractivity contribution in [1.82, 2.24) is 5.32 Å². The third-order valence-electron chi connectivity index (χ3n) is 3.81. The Kier molecular flexibility index (Phi) is 5.48. The number of nitrogens with one attached hydrogen (secondary N) is 1. The number of carboxylic acid groups (broad SMARTS) is 1. The van der Waals surface area contributed by atoms with Crippen molar-refractivity contribution in [2.45, 2.75) is 32.7 Å². The molecule has 1 fully saturated rings. The van der Waals surface area contributed by atoms with Crippen LogP contribution in [0, 0.1) is 5.92 Å². The predicted molar refractivity (Wildman–Crippen MR) is 90.5 cm³/mol. The first-order chi connectivity index (χ1) is 11.2. The van der Waals surface area contributed by atoms with Crippen molar-refractivity contribution < 1.29 is 23.1 Å². The van der Waals surface area contributed by atoms with Gasteiger partial charge < -0.3 is 10.4 Å². The van der Waals surface area contributed by atoms with Gasteiger partial charge in [0.15, 0.2) is 0 Å². The molecule has 132 valence electrons. The molecule has 0 saturated carbocycles. The van der Waals surface area contributed by atoms with Crippen molar-refractivity contribution >= 4 is 27.6 Å². The van der Waals surface area contributed by atoms with Crippen molar-refractivity contribution in [2.75, 3.05) is 16.6 Å². The number of hydrogen-bond donors (Lipinski definition) is 2. The van der Waals surface area contributed by atoms with Crippen LogP contribution in [-0.4, -0.2) is 43.7 Å². The van der Waals surface area contributed by atoms with Crippen LogP contribution in [0.3, 0.4) is 0 Å². The van der Waals surface area contributed by atoms with E-state index in [1.54, 1.807) is 12.1 Å². The molecule has 1 aliphatic heterocycles. The smallest absolute Gasteiger partial charge is 0.326 e. The molecule has 2 rings (SSSR count). The normalized spacial score (nSPS) is 17.7. The molecule has 0 aliphatic carbocycles. The third kappa shape index (κ3) is 4.25. The minimum atomic E-state index is -3.33. The lowest BCUT2D eigenvalue weighted by atomic mass is 10.0. The Bertz CT molecular complexity index is 730. The Morgan fingerprint density at radius 3 is 2.58 bits per heavy atom.